The van der Waals surface area contributed by atoms with Crippen molar-refractivity contribution < 1.29 is 0 Å². The van der Waals surface area contributed by atoms with Crippen molar-refractivity contribution in [3.8, 4) is 0 Å². The number of rotatable bonds is 14. The highest BCUT2D eigenvalue weighted by molar-refractivity contribution is 5.64. The minimum absolute atomic E-state index is 0.768. The van der Waals surface area contributed by atoms with Crippen molar-refractivity contribution in [1.82, 2.24) is 29.3 Å². The van der Waals surface area contributed by atoms with Crippen LogP contribution in [0.2, 0.25) is 0 Å². The molecule has 2 heterocycles. The van der Waals surface area contributed by atoms with E-state index in [9.17, 15) is 0 Å². The lowest BCUT2D eigenvalue weighted by Gasteiger charge is -2.21. The molecule has 6 heteroatoms. The number of benzene rings is 1. The molecule has 3 aromatic rings. The third-order valence-electron chi connectivity index (χ3n) is 6.66. The molecule has 0 unspecified atom stereocenters. The zero-order valence-electron chi connectivity index (χ0n) is 21.1. The van der Waals surface area contributed by atoms with E-state index in [0.29, 0.717) is 0 Å². The van der Waals surface area contributed by atoms with Gasteiger partial charge in [-0.15, -0.1) is 0 Å². The molecule has 0 radical (unpaired) electrons. The van der Waals surface area contributed by atoms with Crippen LogP contribution in [0, 0.1) is 0 Å². The summed E-state index contributed by atoms with van der Waals surface area (Å²) in [5.41, 5.74) is 5.80. The molecule has 182 valence electrons. The summed E-state index contributed by atoms with van der Waals surface area (Å²) < 4.78 is 2.09. The molecule has 2 aromatic heterocycles. The van der Waals surface area contributed by atoms with Gasteiger partial charge in [-0.05, 0) is 68.4 Å². The Bertz CT molecular complexity index is 1040. The fourth-order valence-corrected chi connectivity index (χ4v) is 4.98. The maximum absolute atomic E-state index is 4.54. The average Bonchev–Trinajstić information content (AvgIpc) is 3.56. The van der Waals surface area contributed by atoms with E-state index in [0.717, 1.165) is 37.7 Å². The zero-order chi connectivity index (χ0) is 23.8. The van der Waals surface area contributed by atoms with Gasteiger partial charge in [0.1, 0.15) is 11.6 Å². The molecule has 1 aliphatic carbocycles. The summed E-state index contributed by atoms with van der Waals surface area (Å²) >= 11 is 0. The van der Waals surface area contributed by atoms with E-state index in [1.54, 1.807) is 5.57 Å². The van der Waals surface area contributed by atoms with Gasteiger partial charge in [-0.2, -0.15) is 0 Å². The Balaban J connectivity index is 1.38. The molecule has 1 aromatic carbocycles. The number of aromatic amines is 1. The van der Waals surface area contributed by atoms with Crippen LogP contribution in [0.5, 0.6) is 0 Å². The largest absolute Gasteiger partial charge is 0.348 e. The third-order valence-corrected chi connectivity index (χ3v) is 6.66. The van der Waals surface area contributed by atoms with Crippen LogP contribution < -0.4 is 0 Å². The van der Waals surface area contributed by atoms with Crippen LogP contribution in [0.25, 0.3) is 6.08 Å². The van der Waals surface area contributed by atoms with Crippen molar-refractivity contribution in [3.05, 3.63) is 76.9 Å². The Morgan fingerprint density at radius 2 is 1.82 bits per heavy atom. The molecule has 0 saturated heterocycles. The second-order valence-electron chi connectivity index (χ2n) is 9.59. The van der Waals surface area contributed by atoms with Gasteiger partial charge in [0.05, 0.1) is 13.1 Å². The fraction of sp³-hybridized carbons (Fsp3) is 0.500. The number of aryl methyl sites for hydroxylation is 1. The van der Waals surface area contributed by atoms with Gasteiger partial charge in [0, 0.05) is 38.4 Å². The van der Waals surface area contributed by atoms with Crippen LogP contribution in [0.15, 0.2) is 48.6 Å². The lowest BCUT2D eigenvalue weighted by Crippen LogP contribution is -2.26. The number of imidazole rings is 2. The molecule has 34 heavy (non-hydrogen) atoms. The highest BCUT2D eigenvalue weighted by atomic mass is 15.2. The van der Waals surface area contributed by atoms with E-state index in [1.807, 2.05) is 24.8 Å². The molecular formula is C28H40N6. The van der Waals surface area contributed by atoms with Crippen LogP contribution in [0.4, 0.5) is 0 Å². The fourth-order valence-electron chi connectivity index (χ4n) is 4.98. The lowest BCUT2D eigenvalue weighted by atomic mass is 10.0. The number of fused-ring (bicyclic) bond motifs is 1. The molecule has 1 N–H and O–H groups in total. The van der Waals surface area contributed by atoms with Gasteiger partial charge in [0.25, 0.3) is 0 Å². The van der Waals surface area contributed by atoms with E-state index in [4.69, 9.17) is 0 Å². The molecule has 1 aliphatic rings. The monoisotopic (exact) mass is 460 g/mol. The highest BCUT2D eigenvalue weighted by Gasteiger charge is 2.16. The Hall–Kier alpha value is -2.70. The van der Waals surface area contributed by atoms with Gasteiger partial charge in [-0.3, -0.25) is 4.90 Å². The van der Waals surface area contributed by atoms with Crippen molar-refractivity contribution in [3.63, 3.8) is 0 Å². The summed E-state index contributed by atoms with van der Waals surface area (Å²) in [5, 5.41) is 0. The molecule has 0 spiro atoms. The molecule has 4 rings (SSSR count). The summed E-state index contributed by atoms with van der Waals surface area (Å²) in [5.74, 6) is 2.05. The van der Waals surface area contributed by atoms with Crippen LogP contribution >= 0.6 is 0 Å². The number of hydrogen-bond donors (Lipinski definition) is 1. The average molecular weight is 461 g/mol. The van der Waals surface area contributed by atoms with Crippen LogP contribution in [-0.2, 0) is 33.1 Å². The van der Waals surface area contributed by atoms with Crippen LogP contribution in [0.3, 0.4) is 0 Å². The summed E-state index contributed by atoms with van der Waals surface area (Å²) in [4.78, 5) is 17.2. The maximum atomic E-state index is 4.54. The first-order valence-electron chi connectivity index (χ1n) is 12.8. The van der Waals surface area contributed by atoms with Gasteiger partial charge in [0.15, 0.2) is 0 Å². The number of aromatic nitrogens is 4. The summed E-state index contributed by atoms with van der Waals surface area (Å²) in [6.07, 6.45) is 16.1. The minimum atomic E-state index is 0.768. The Kier molecular flexibility index (Phi) is 8.72. The van der Waals surface area contributed by atoms with Gasteiger partial charge in [-0.1, -0.05) is 43.7 Å². The first kappa shape index (κ1) is 24.4. The molecule has 6 nitrogen and oxygen atoms in total. The van der Waals surface area contributed by atoms with E-state index in [-0.39, 0.29) is 0 Å². The molecule has 0 aliphatic heterocycles. The van der Waals surface area contributed by atoms with E-state index in [1.165, 1.54) is 62.0 Å². The standard InChI is InChI=1S/C28H40N6/c1-4-13-33(14-5-2)15-6-7-23-17-25-9-8-24(19-26(25)18-23)20-34(21-27-29-10-11-30-27)22-28-31-12-16-32(28)3/h8-12,16,18-19H,4-7,13-15,17,20-22H2,1-3H3,(H,29,30). The molecular weight excluding hydrogens is 420 g/mol. The van der Waals surface area contributed by atoms with Crippen LogP contribution in [0.1, 0.15) is 67.9 Å². The smallest absolute Gasteiger partial charge is 0.122 e. The summed E-state index contributed by atoms with van der Waals surface area (Å²) in [7, 11) is 2.05. The first-order chi connectivity index (χ1) is 16.6. The Morgan fingerprint density at radius 3 is 2.53 bits per heavy atom. The third kappa shape index (κ3) is 6.67. The van der Waals surface area contributed by atoms with Crippen LogP contribution in [-0.4, -0.2) is 49.0 Å². The first-order valence-corrected chi connectivity index (χ1v) is 12.8. The van der Waals surface area contributed by atoms with Crippen molar-refractivity contribution >= 4 is 6.08 Å². The number of H-pyrrole nitrogens is 1. The predicted molar refractivity (Wildman–Crippen MR) is 139 cm³/mol. The lowest BCUT2D eigenvalue weighted by molar-refractivity contribution is 0.233. The van der Waals surface area contributed by atoms with E-state index < -0.39 is 0 Å². The normalized spacial score (nSPS) is 13.1. The summed E-state index contributed by atoms with van der Waals surface area (Å²) in [6.45, 7) is 10.7. The Labute approximate surface area is 204 Å². The van der Waals surface area contributed by atoms with Gasteiger partial charge >= 0.3 is 0 Å². The molecule has 0 saturated carbocycles. The topological polar surface area (TPSA) is 53.0 Å². The second kappa shape index (κ2) is 12.1. The number of nitrogens with zero attached hydrogens (tertiary/aromatic N) is 5. The second-order valence-corrected chi connectivity index (χ2v) is 9.59. The van der Waals surface area contributed by atoms with Gasteiger partial charge in [0.2, 0.25) is 0 Å². The molecule has 0 fully saturated rings. The van der Waals surface area contributed by atoms with E-state index >= 15 is 0 Å². The van der Waals surface area contributed by atoms with Gasteiger partial charge < -0.3 is 14.5 Å². The molecule has 0 bridgehead atoms. The van der Waals surface area contributed by atoms with Gasteiger partial charge in [-0.25, -0.2) is 9.97 Å². The van der Waals surface area contributed by atoms with Crippen molar-refractivity contribution in [2.45, 2.75) is 65.6 Å². The molecule has 0 amide bonds. The van der Waals surface area contributed by atoms with Crippen molar-refractivity contribution in [2.24, 2.45) is 7.05 Å². The zero-order valence-corrected chi connectivity index (χ0v) is 21.1. The number of allylic oxidation sites excluding steroid dienone is 1. The minimum Gasteiger partial charge on any atom is -0.348 e. The molecule has 0 atom stereocenters. The number of hydrogen-bond acceptors (Lipinski definition) is 4. The SMILES string of the molecule is CCCN(CCC)CCCC1=Cc2cc(CN(Cc3ncc[nH]3)Cc3nccn3C)ccc2C1. The highest BCUT2D eigenvalue weighted by Crippen LogP contribution is 2.29. The maximum Gasteiger partial charge on any atom is 0.122 e. The van der Waals surface area contributed by atoms with E-state index in [2.05, 4.69) is 74.5 Å². The Morgan fingerprint density at radius 1 is 0.971 bits per heavy atom. The summed E-state index contributed by atoms with van der Waals surface area (Å²) in [6, 6.07) is 7.02. The van der Waals surface area contributed by atoms with Crippen molar-refractivity contribution in [1.29, 1.82) is 0 Å². The predicted octanol–water partition coefficient (Wildman–Crippen LogP) is 5.19. The van der Waals surface area contributed by atoms with Crippen molar-refractivity contribution in [2.75, 3.05) is 19.6 Å². The quantitative estimate of drug-likeness (QED) is 0.360. The number of nitrogens with one attached hydrogen (secondary N) is 1.